The van der Waals surface area contributed by atoms with Crippen LogP contribution in [-0.4, -0.2) is 19.0 Å². The molecule has 22 heavy (non-hydrogen) atoms. The lowest BCUT2D eigenvalue weighted by atomic mass is 10.1. The molecule has 0 fully saturated rings. The van der Waals surface area contributed by atoms with Crippen LogP contribution in [0.15, 0.2) is 42.5 Å². The molecule has 0 aromatic heterocycles. The topological polar surface area (TPSA) is 41.1 Å². The molecular weight excluding hydrogens is 343 g/mol. The summed E-state index contributed by atoms with van der Waals surface area (Å²) in [6.45, 7) is 0.841. The van der Waals surface area contributed by atoms with Gasteiger partial charge in [-0.25, -0.2) is 0 Å². The van der Waals surface area contributed by atoms with Crippen LogP contribution in [0.3, 0.4) is 0 Å². The van der Waals surface area contributed by atoms with Crippen molar-refractivity contribution >= 4 is 46.4 Å². The molecule has 0 heterocycles. The first-order valence-electron chi connectivity index (χ1n) is 6.75. The zero-order valence-electron chi connectivity index (χ0n) is 11.7. The van der Waals surface area contributed by atoms with E-state index in [2.05, 4.69) is 10.6 Å². The fourth-order valence-corrected chi connectivity index (χ4v) is 2.59. The van der Waals surface area contributed by atoms with Gasteiger partial charge in [-0.1, -0.05) is 53.0 Å². The molecule has 2 aromatic rings. The molecule has 0 saturated carbocycles. The van der Waals surface area contributed by atoms with Crippen molar-refractivity contribution in [3.63, 3.8) is 0 Å². The van der Waals surface area contributed by atoms with Crippen LogP contribution < -0.4 is 10.6 Å². The average molecular weight is 358 g/mol. The summed E-state index contributed by atoms with van der Waals surface area (Å²) in [7, 11) is 0. The number of hydrogen-bond donors (Lipinski definition) is 2. The van der Waals surface area contributed by atoms with Gasteiger partial charge >= 0.3 is 0 Å². The van der Waals surface area contributed by atoms with Crippen LogP contribution in [0.1, 0.15) is 5.56 Å². The van der Waals surface area contributed by atoms with Gasteiger partial charge in [0.25, 0.3) is 0 Å². The maximum absolute atomic E-state index is 11.8. The molecule has 2 aromatic carbocycles. The average Bonchev–Trinajstić information content (AvgIpc) is 2.48. The summed E-state index contributed by atoms with van der Waals surface area (Å²) < 4.78 is 0. The molecule has 0 saturated heterocycles. The molecule has 116 valence electrons. The zero-order valence-corrected chi connectivity index (χ0v) is 14.0. The van der Waals surface area contributed by atoms with Gasteiger partial charge in [0, 0.05) is 10.0 Å². The molecule has 2 N–H and O–H groups in total. The molecule has 0 bridgehead atoms. The van der Waals surface area contributed by atoms with Crippen LogP contribution in [0.25, 0.3) is 0 Å². The van der Waals surface area contributed by atoms with Gasteiger partial charge in [0.15, 0.2) is 0 Å². The number of anilines is 1. The smallest absolute Gasteiger partial charge is 0.238 e. The Hall–Kier alpha value is -1.26. The second-order valence-electron chi connectivity index (χ2n) is 4.69. The van der Waals surface area contributed by atoms with Crippen LogP contribution in [0.2, 0.25) is 15.1 Å². The molecular formula is C16H15Cl3N2O. The highest BCUT2D eigenvalue weighted by atomic mass is 35.5. The van der Waals surface area contributed by atoms with Crippen LogP contribution in [0.5, 0.6) is 0 Å². The van der Waals surface area contributed by atoms with E-state index >= 15 is 0 Å². The van der Waals surface area contributed by atoms with Gasteiger partial charge in [-0.2, -0.15) is 0 Å². The minimum Gasteiger partial charge on any atom is -0.324 e. The van der Waals surface area contributed by atoms with Gasteiger partial charge in [0.05, 0.1) is 17.3 Å². The van der Waals surface area contributed by atoms with Gasteiger partial charge in [0.2, 0.25) is 5.91 Å². The van der Waals surface area contributed by atoms with E-state index < -0.39 is 0 Å². The lowest BCUT2D eigenvalue weighted by molar-refractivity contribution is -0.115. The number of carbonyl (C=O) groups is 1. The first-order valence-corrected chi connectivity index (χ1v) is 7.88. The molecule has 3 nitrogen and oxygen atoms in total. The van der Waals surface area contributed by atoms with E-state index in [9.17, 15) is 4.79 Å². The maximum atomic E-state index is 11.8. The Bertz CT molecular complexity index is 662. The van der Waals surface area contributed by atoms with Crippen molar-refractivity contribution in [1.29, 1.82) is 0 Å². The molecule has 0 aliphatic rings. The summed E-state index contributed by atoms with van der Waals surface area (Å²) in [6.07, 6.45) is 0.718. The fraction of sp³-hybridized carbons (Fsp3) is 0.188. The predicted molar refractivity (Wildman–Crippen MR) is 93.1 cm³/mol. The highest BCUT2D eigenvalue weighted by Gasteiger charge is 2.05. The van der Waals surface area contributed by atoms with E-state index in [1.165, 1.54) is 0 Å². The van der Waals surface area contributed by atoms with Crippen molar-refractivity contribution in [2.75, 3.05) is 18.4 Å². The summed E-state index contributed by atoms with van der Waals surface area (Å²) in [5, 5.41) is 7.58. The van der Waals surface area contributed by atoms with Crippen molar-refractivity contribution in [3.8, 4) is 0 Å². The van der Waals surface area contributed by atoms with Crippen LogP contribution >= 0.6 is 34.8 Å². The molecule has 6 heteroatoms. The van der Waals surface area contributed by atoms with Gasteiger partial charge in [-0.15, -0.1) is 0 Å². The van der Waals surface area contributed by atoms with Gasteiger partial charge in [-0.3, -0.25) is 4.79 Å². The standard InChI is InChI=1S/C16H15Cl3N2O/c17-12-6-5-11(14(19)9-12)7-8-20-10-16(22)21-15-4-2-1-3-13(15)18/h1-6,9,20H,7-8,10H2,(H,21,22). The predicted octanol–water partition coefficient (Wildman–Crippen LogP) is 4.42. The number of rotatable bonds is 6. The second kappa shape index (κ2) is 8.39. The van der Waals surface area contributed by atoms with Gasteiger partial charge in [0.1, 0.15) is 0 Å². The largest absolute Gasteiger partial charge is 0.324 e. The first-order chi connectivity index (χ1) is 10.6. The molecule has 0 spiro atoms. The minimum absolute atomic E-state index is 0.143. The number of para-hydroxylation sites is 1. The Kier molecular flexibility index (Phi) is 6.52. The first kappa shape index (κ1) is 17.1. The molecule has 2 rings (SSSR count). The highest BCUT2D eigenvalue weighted by molar-refractivity contribution is 6.35. The number of carbonyl (C=O) groups excluding carboxylic acids is 1. The minimum atomic E-state index is -0.143. The molecule has 1 amide bonds. The third-order valence-corrected chi connectivity index (χ3v) is 3.94. The zero-order chi connectivity index (χ0) is 15.9. The summed E-state index contributed by atoms with van der Waals surface area (Å²) >= 11 is 17.9. The summed E-state index contributed by atoms with van der Waals surface area (Å²) in [5.41, 5.74) is 1.60. The Morgan fingerprint density at radius 1 is 1.00 bits per heavy atom. The number of amides is 1. The highest BCUT2D eigenvalue weighted by Crippen LogP contribution is 2.21. The summed E-state index contributed by atoms with van der Waals surface area (Å²) in [5.74, 6) is -0.143. The van der Waals surface area contributed by atoms with Crippen LogP contribution in [0.4, 0.5) is 5.69 Å². The number of hydrogen-bond acceptors (Lipinski definition) is 2. The Labute approximate surface area is 144 Å². The maximum Gasteiger partial charge on any atom is 0.238 e. The number of nitrogens with one attached hydrogen (secondary N) is 2. The molecule has 0 aliphatic heterocycles. The van der Waals surface area contributed by atoms with Gasteiger partial charge in [-0.05, 0) is 42.8 Å². The van der Waals surface area contributed by atoms with E-state index in [0.717, 1.165) is 12.0 Å². The van der Waals surface area contributed by atoms with E-state index in [4.69, 9.17) is 34.8 Å². The fourth-order valence-electron chi connectivity index (χ4n) is 1.91. The SMILES string of the molecule is O=C(CNCCc1ccc(Cl)cc1Cl)Nc1ccccc1Cl. The van der Waals surface area contributed by atoms with Gasteiger partial charge < -0.3 is 10.6 Å². The Balaban J connectivity index is 1.74. The van der Waals surface area contributed by atoms with Crippen LogP contribution in [-0.2, 0) is 11.2 Å². The van der Waals surface area contributed by atoms with E-state index in [0.29, 0.717) is 27.3 Å². The van der Waals surface area contributed by atoms with Crippen molar-refractivity contribution in [2.24, 2.45) is 0 Å². The van der Waals surface area contributed by atoms with Crippen molar-refractivity contribution < 1.29 is 4.79 Å². The molecule has 0 atom stereocenters. The van der Waals surface area contributed by atoms with Crippen LogP contribution in [0, 0.1) is 0 Å². The lowest BCUT2D eigenvalue weighted by Gasteiger charge is -2.09. The lowest BCUT2D eigenvalue weighted by Crippen LogP contribution is -2.29. The summed E-state index contributed by atoms with van der Waals surface area (Å²) in [4.78, 5) is 11.8. The van der Waals surface area contributed by atoms with E-state index in [-0.39, 0.29) is 12.5 Å². The monoisotopic (exact) mass is 356 g/mol. The van der Waals surface area contributed by atoms with E-state index in [1.54, 1.807) is 24.3 Å². The normalized spacial score (nSPS) is 10.5. The van der Waals surface area contributed by atoms with Crippen molar-refractivity contribution in [3.05, 3.63) is 63.1 Å². The third kappa shape index (κ3) is 5.18. The molecule has 0 unspecified atom stereocenters. The molecule has 0 aliphatic carbocycles. The Morgan fingerprint density at radius 2 is 1.77 bits per heavy atom. The number of halogens is 3. The summed E-state index contributed by atoms with van der Waals surface area (Å²) in [6, 6.07) is 12.5. The third-order valence-electron chi connectivity index (χ3n) is 3.02. The van der Waals surface area contributed by atoms with Crippen molar-refractivity contribution in [1.82, 2.24) is 5.32 Å². The molecule has 0 radical (unpaired) electrons. The number of benzene rings is 2. The van der Waals surface area contributed by atoms with Crippen molar-refractivity contribution in [2.45, 2.75) is 6.42 Å². The Morgan fingerprint density at radius 3 is 2.50 bits per heavy atom. The second-order valence-corrected chi connectivity index (χ2v) is 5.94. The quantitative estimate of drug-likeness (QED) is 0.752. The van der Waals surface area contributed by atoms with E-state index in [1.807, 2.05) is 18.2 Å².